The fourth-order valence-electron chi connectivity index (χ4n) is 2.51. The van der Waals surface area contributed by atoms with Crippen LogP contribution in [0.4, 0.5) is 6.01 Å². The summed E-state index contributed by atoms with van der Waals surface area (Å²) in [5.74, 6) is -0.619. The second kappa shape index (κ2) is 6.46. The summed E-state index contributed by atoms with van der Waals surface area (Å²) in [5.41, 5.74) is 0.153. The van der Waals surface area contributed by atoms with Crippen molar-refractivity contribution in [3.8, 4) is 0 Å². The van der Waals surface area contributed by atoms with Gasteiger partial charge in [-0.2, -0.15) is 4.98 Å². The Morgan fingerprint density at radius 1 is 1.14 bits per heavy atom. The number of oxazole rings is 1. The van der Waals surface area contributed by atoms with Gasteiger partial charge in [0.2, 0.25) is 0 Å². The zero-order valence-electron chi connectivity index (χ0n) is 12.0. The van der Waals surface area contributed by atoms with Crippen LogP contribution >= 0.6 is 0 Å². The lowest BCUT2D eigenvalue weighted by atomic mass is 9.95. The van der Waals surface area contributed by atoms with Crippen molar-refractivity contribution in [1.82, 2.24) is 10.3 Å². The van der Waals surface area contributed by atoms with Gasteiger partial charge in [0.05, 0.1) is 6.26 Å². The Hall–Kier alpha value is -2.57. The maximum Gasteiger partial charge on any atom is 0.302 e. The smallest absolute Gasteiger partial charge is 0.302 e. The fourth-order valence-corrected chi connectivity index (χ4v) is 2.51. The first kappa shape index (κ1) is 14.4. The topological polar surface area (TPSA) is 97.4 Å². The molecule has 7 heteroatoms. The molecule has 1 aliphatic rings. The summed E-state index contributed by atoms with van der Waals surface area (Å²) >= 11 is 0. The molecule has 0 atom stereocenters. The van der Waals surface area contributed by atoms with E-state index in [9.17, 15) is 9.59 Å². The van der Waals surface area contributed by atoms with Crippen LogP contribution in [0, 0.1) is 0 Å². The first-order chi connectivity index (χ1) is 10.7. The number of carbonyl (C=O) groups excluding carboxylic acids is 2. The van der Waals surface area contributed by atoms with Gasteiger partial charge in [0.25, 0.3) is 11.8 Å². The largest absolute Gasteiger partial charge is 0.459 e. The number of hydrogen-bond donors (Lipinski definition) is 2. The molecule has 2 heterocycles. The zero-order valence-corrected chi connectivity index (χ0v) is 12.0. The molecule has 7 nitrogen and oxygen atoms in total. The van der Waals surface area contributed by atoms with Gasteiger partial charge in [0.15, 0.2) is 11.5 Å². The number of nitrogens with zero attached hydrogens (tertiary/aromatic N) is 1. The quantitative estimate of drug-likeness (QED) is 0.904. The first-order valence-corrected chi connectivity index (χ1v) is 7.33. The molecule has 116 valence electrons. The Morgan fingerprint density at radius 2 is 1.95 bits per heavy atom. The normalized spacial score (nSPS) is 15.5. The lowest BCUT2D eigenvalue weighted by molar-refractivity contribution is 0.0921. The Labute approximate surface area is 127 Å². The summed E-state index contributed by atoms with van der Waals surface area (Å²) in [5, 5.41) is 5.37. The third-order valence-corrected chi connectivity index (χ3v) is 3.64. The Balaban J connectivity index is 1.58. The molecule has 22 heavy (non-hydrogen) atoms. The fraction of sp³-hybridized carbons (Fsp3) is 0.400. The van der Waals surface area contributed by atoms with Crippen molar-refractivity contribution >= 4 is 17.8 Å². The number of amides is 2. The highest BCUT2D eigenvalue weighted by Gasteiger charge is 2.20. The minimum atomic E-state index is -0.480. The van der Waals surface area contributed by atoms with E-state index in [1.165, 1.54) is 25.0 Å². The van der Waals surface area contributed by atoms with Gasteiger partial charge in [0.1, 0.15) is 6.26 Å². The minimum absolute atomic E-state index is 0.0322. The summed E-state index contributed by atoms with van der Waals surface area (Å²) in [6, 6.07) is 3.29. The molecule has 0 spiro atoms. The molecule has 2 N–H and O–H groups in total. The molecule has 1 fully saturated rings. The van der Waals surface area contributed by atoms with Crippen LogP contribution in [0.1, 0.15) is 53.1 Å². The molecular weight excluding hydrogens is 286 g/mol. The van der Waals surface area contributed by atoms with Crippen molar-refractivity contribution in [2.24, 2.45) is 0 Å². The van der Waals surface area contributed by atoms with Gasteiger partial charge in [-0.1, -0.05) is 19.3 Å². The van der Waals surface area contributed by atoms with Crippen molar-refractivity contribution in [3.63, 3.8) is 0 Å². The Morgan fingerprint density at radius 3 is 2.68 bits per heavy atom. The second-order valence-corrected chi connectivity index (χ2v) is 5.28. The SMILES string of the molecule is O=C(NC1CCCCC1)c1coc(NC(=O)c2ccco2)n1. The van der Waals surface area contributed by atoms with Gasteiger partial charge in [-0.15, -0.1) is 0 Å². The van der Waals surface area contributed by atoms with E-state index in [0.29, 0.717) is 0 Å². The van der Waals surface area contributed by atoms with Crippen molar-refractivity contribution in [3.05, 3.63) is 36.1 Å². The number of rotatable bonds is 4. The second-order valence-electron chi connectivity index (χ2n) is 5.28. The molecule has 0 bridgehead atoms. The van der Waals surface area contributed by atoms with E-state index >= 15 is 0 Å². The number of nitrogens with one attached hydrogen (secondary N) is 2. The average molecular weight is 303 g/mol. The summed E-state index contributed by atoms with van der Waals surface area (Å²) in [4.78, 5) is 27.8. The predicted octanol–water partition coefficient (Wildman–Crippen LogP) is 2.58. The number of furan rings is 1. The molecular formula is C15H17N3O4. The molecule has 0 unspecified atom stereocenters. The number of anilines is 1. The third kappa shape index (κ3) is 3.36. The van der Waals surface area contributed by atoms with Crippen LogP contribution in [0.25, 0.3) is 0 Å². The van der Waals surface area contributed by atoms with Crippen LogP contribution in [0.15, 0.2) is 33.5 Å². The molecule has 2 aromatic heterocycles. The predicted molar refractivity (Wildman–Crippen MR) is 77.5 cm³/mol. The minimum Gasteiger partial charge on any atom is -0.459 e. The number of hydrogen-bond acceptors (Lipinski definition) is 5. The first-order valence-electron chi connectivity index (χ1n) is 7.33. The molecule has 2 amide bonds. The van der Waals surface area contributed by atoms with E-state index in [1.54, 1.807) is 6.07 Å². The highest BCUT2D eigenvalue weighted by Crippen LogP contribution is 2.18. The molecule has 0 aliphatic heterocycles. The summed E-state index contributed by atoms with van der Waals surface area (Å²) in [6.45, 7) is 0. The van der Waals surface area contributed by atoms with Crippen LogP contribution in [-0.4, -0.2) is 22.8 Å². The highest BCUT2D eigenvalue weighted by atomic mass is 16.4. The van der Waals surface area contributed by atoms with E-state index in [4.69, 9.17) is 8.83 Å². The molecule has 0 saturated heterocycles. The van der Waals surface area contributed by atoms with E-state index in [1.807, 2.05) is 0 Å². The lowest BCUT2D eigenvalue weighted by Gasteiger charge is -2.22. The molecule has 1 saturated carbocycles. The van der Waals surface area contributed by atoms with Crippen LogP contribution in [-0.2, 0) is 0 Å². The molecule has 0 radical (unpaired) electrons. The van der Waals surface area contributed by atoms with E-state index < -0.39 is 5.91 Å². The van der Waals surface area contributed by atoms with Crippen molar-refractivity contribution in [2.45, 2.75) is 38.1 Å². The van der Waals surface area contributed by atoms with Gasteiger partial charge < -0.3 is 14.2 Å². The molecule has 1 aliphatic carbocycles. The zero-order chi connectivity index (χ0) is 15.4. The summed E-state index contributed by atoms with van der Waals surface area (Å²) < 4.78 is 10.1. The van der Waals surface area contributed by atoms with E-state index in [0.717, 1.165) is 25.7 Å². The van der Waals surface area contributed by atoms with Gasteiger partial charge in [0, 0.05) is 6.04 Å². The van der Waals surface area contributed by atoms with Gasteiger partial charge >= 0.3 is 6.01 Å². The monoisotopic (exact) mass is 303 g/mol. The van der Waals surface area contributed by atoms with Gasteiger partial charge in [-0.05, 0) is 25.0 Å². The molecule has 3 rings (SSSR count). The highest BCUT2D eigenvalue weighted by molar-refractivity contribution is 6.01. The van der Waals surface area contributed by atoms with Crippen molar-refractivity contribution in [1.29, 1.82) is 0 Å². The molecule has 2 aromatic rings. The lowest BCUT2D eigenvalue weighted by Crippen LogP contribution is -2.36. The van der Waals surface area contributed by atoms with Crippen molar-refractivity contribution in [2.75, 3.05) is 5.32 Å². The molecule has 0 aromatic carbocycles. The maximum atomic E-state index is 12.1. The van der Waals surface area contributed by atoms with Crippen molar-refractivity contribution < 1.29 is 18.4 Å². The van der Waals surface area contributed by atoms with E-state index in [2.05, 4.69) is 15.6 Å². The number of aromatic nitrogens is 1. The van der Waals surface area contributed by atoms with Crippen LogP contribution < -0.4 is 10.6 Å². The standard InChI is InChI=1S/C15H17N3O4/c19-13(16-10-5-2-1-3-6-10)11-9-22-15(17-11)18-14(20)12-7-4-8-21-12/h4,7-10H,1-3,5-6H2,(H,16,19)(H,17,18,20). The average Bonchev–Trinajstić information content (AvgIpc) is 3.19. The summed E-state index contributed by atoms with van der Waals surface area (Å²) in [6.07, 6.45) is 8.10. The summed E-state index contributed by atoms with van der Waals surface area (Å²) in [7, 11) is 0. The van der Waals surface area contributed by atoms with Gasteiger partial charge in [-0.3, -0.25) is 14.9 Å². The number of carbonyl (C=O) groups is 2. The Kier molecular flexibility index (Phi) is 4.22. The third-order valence-electron chi connectivity index (χ3n) is 3.64. The van der Waals surface area contributed by atoms with Crippen LogP contribution in [0.2, 0.25) is 0 Å². The van der Waals surface area contributed by atoms with Gasteiger partial charge in [-0.25, -0.2) is 0 Å². The van der Waals surface area contributed by atoms with Crippen LogP contribution in [0.5, 0.6) is 0 Å². The Bertz CT molecular complexity index is 642. The maximum absolute atomic E-state index is 12.1. The van der Waals surface area contributed by atoms with Crippen LogP contribution in [0.3, 0.4) is 0 Å². The van der Waals surface area contributed by atoms with E-state index in [-0.39, 0.29) is 29.4 Å².